The third kappa shape index (κ3) is 4.45. The Labute approximate surface area is 97.9 Å². The maximum atomic E-state index is 10.6. The van der Waals surface area contributed by atoms with Crippen LogP contribution in [0.5, 0.6) is 0 Å². The Balaban J connectivity index is 2.51. The van der Waals surface area contributed by atoms with E-state index in [0.717, 1.165) is 0 Å². The van der Waals surface area contributed by atoms with Crippen LogP contribution in [0.2, 0.25) is 0 Å². The van der Waals surface area contributed by atoms with Crippen molar-refractivity contribution in [1.29, 1.82) is 0 Å². The number of amides is 2. The third-order valence-corrected chi connectivity index (χ3v) is 2.54. The van der Waals surface area contributed by atoms with Crippen molar-refractivity contribution in [2.45, 2.75) is 31.0 Å². The predicted octanol–water partition coefficient (Wildman–Crippen LogP) is 0.0417. The van der Waals surface area contributed by atoms with Crippen LogP contribution in [0.4, 0.5) is 9.59 Å². The van der Waals surface area contributed by atoms with Gasteiger partial charge in [-0.25, -0.2) is 9.59 Å². The summed E-state index contributed by atoms with van der Waals surface area (Å²) in [4.78, 5) is 21.1. The highest BCUT2D eigenvalue weighted by Gasteiger charge is 2.36. The molecule has 2 amide bonds. The summed E-state index contributed by atoms with van der Waals surface area (Å²) in [6, 6.07) is -0.745. The van der Waals surface area contributed by atoms with Gasteiger partial charge in [0.05, 0.1) is 12.1 Å². The molecule has 4 N–H and O–H groups in total. The van der Waals surface area contributed by atoms with Crippen LogP contribution in [0.25, 0.3) is 0 Å². The highest BCUT2D eigenvalue weighted by molar-refractivity contribution is 5.66. The second kappa shape index (κ2) is 6.26. The molecule has 17 heavy (non-hydrogen) atoms. The Bertz CT molecular complexity index is 285. The first-order valence-electron chi connectivity index (χ1n) is 5.12. The molecule has 3 atom stereocenters. The Morgan fingerprint density at radius 3 is 2.41 bits per heavy atom. The van der Waals surface area contributed by atoms with Gasteiger partial charge in [0.2, 0.25) is 0 Å². The molecule has 0 aromatic heterocycles. The molecule has 8 heteroatoms. The number of carboxylic acid groups (broad SMARTS) is 2. The van der Waals surface area contributed by atoms with Gasteiger partial charge in [-0.1, -0.05) is 0 Å². The molecular formula is C9H16N2O6. The molecule has 1 saturated carbocycles. The standard InChI is InChI=1S/C9H16N2O6/c1-16-4-17-7-3-5(10-8(12)13)2-6(7)11-9(14)15/h5-7,10-11H,2-4H2,1H3,(H,12,13)(H,14,15)/t5-,6+,7-/m0/s1. The summed E-state index contributed by atoms with van der Waals surface area (Å²) >= 11 is 0. The zero-order valence-corrected chi connectivity index (χ0v) is 9.38. The van der Waals surface area contributed by atoms with Crippen LogP contribution in [-0.2, 0) is 9.47 Å². The van der Waals surface area contributed by atoms with Gasteiger partial charge in [0.25, 0.3) is 0 Å². The second-order valence-electron chi connectivity index (χ2n) is 3.79. The number of carbonyl (C=O) groups is 2. The monoisotopic (exact) mass is 248 g/mol. The third-order valence-electron chi connectivity index (χ3n) is 2.54. The fourth-order valence-electron chi connectivity index (χ4n) is 1.94. The van der Waals surface area contributed by atoms with Crippen molar-refractivity contribution in [1.82, 2.24) is 10.6 Å². The van der Waals surface area contributed by atoms with Crippen molar-refractivity contribution in [2.75, 3.05) is 13.9 Å². The number of hydrogen-bond donors (Lipinski definition) is 4. The van der Waals surface area contributed by atoms with E-state index < -0.39 is 18.2 Å². The molecule has 98 valence electrons. The van der Waals surface area contributed by atoms with Gasteiger partial charge in [-0.15, -0.1) is 0 Å². The zero-order chi connectivity index (χ0) is 12.8. The summed E-state index contributed by atoms with van der Waals surface area (Å²) in [5.41, 5.74) is 0. The lowest BCUT2D eigenvalue weighted by atomic mass is 10.2. The molecule has 1 rings (SSSR count). The summed E-state index contributed by atoms with van der Waals surface area (Å²) < 4.78 is 10.0. The van der Waals surface area contributed by atoms with Crippen molar-refractivity contribution >= 4 is 12.2 Å². The van der Waals surface area contributed by atoms with Gasteiger partial charge in [-0.2, -0.15) is 0 Å². The maximum Gasteiger partial charge on any atom is 0.404 e. The summed E-state index contributed by atoms with van der Waals surface area (Å²) in [6.45, 7) is 0.0439. The molecule has 0 saturated heterocycles. The molecule has 1 fully saturated rings. The lowest BCUT2D eigenvalue weighted by Crippen LogP contribution is -2.40. The van der Waals surface area contributed by atoms with E-state index in [2.05, 4.69) is 10.6 Å². The van der Waals surface area contributed by atoms with Crippen LogP contribution >= 0.6 is 0 Å². The van der Waals surface area contributed by atoms with Gasteiger partial charge < -0.3 is 30.3 Å². The van der Waals surface area contributed by atoms with E-state index in [1.54, 1.807) is 0 Å². The van der Waals surface area contributed by atoms with Crippen LogP contribution in [-0.4, -0.2) is 54.5 Å². The van der Waals surface area contributed by atoms with Gasteiger partial charge in [0.15, 0.2) is 0 Å². The van der Waals surface area contributed by atoms with Crippen molar-refractivity contribution in [3.05, 3.63) is 0 Å². The SMILES string of the molecule is COCO[C@H]1C[C@@H](NC(=O)O)C[C@H]1NC(=O)O. The smallest absolute Gasteiger partial charge is 0.404 e. The Morgan fingerprint density at radius 2 is 1.88 bits per heavy atom. The second-order valence-corrected chi connectivity index (χ2v) is 3.79. The molecule has 1 aliphatic carbocycles. The number of rotatable bonds is 5. The fraction of sp³-hybridized carbons (Fsp3) is 0.778. The topological polar surface area (TPSA) is 117 Å². The summed E-state index contributed by atoms with van der Waals surface area (Å²) in [6.07, 6.45) is -1.88. The molecule has 0 spiro atoms. The minimum absolute atomic E-state index is 0.0439. The van der Waals surface area contributed by atoms with E-state index in [1.807, 2.05) is 0 Å². The number of nitrogens with one attached hydrogen (secondary N) is 2. The van der Waals surface area contributed by atoms with E-state index in [4.69, 9.17) is 19.7 Å². The quantitative estimate of drug-likeness (QED) is 0.510. The van der Waals surface area contributed by atoms with Crippen LogP contribution in [0, 0.1) is 0 Å². The first-order valence-corrected chi connectivity index (χ1v) is 5.12. The molecule has 0 aliphatic heterocycles. The van der Waals surface area contributed by atoms with Gasteiger partial charge in [0.1, 0.15) is 6.79 Å². The van der Waals surface area contributed by atoms with E-state index in [-0.39, 0.29) is 18.9 Å². The molecule has 0 bridgehead atoms. The first-order chi connectivity index (χ1) is 8.02. The number of hydrogen-bond acceptors (Lipinski definition) is 4. The molecule has 0 aromatic carbocycles. The molecule has 8 nitrogen and oxygen atoms in total. The highest BCUT2D eigenvalue weighted by Crippen LogP contribution is 2.23. The Kier molecular flexibility index (Phi) is 4.98. The lowest BCUT2D eigenvalue weighted by Gasteiger charge is -2.18. The minimum atomic E-state index is -1.16. The highest BCUT2D eigenvalue weighted by atomic mass is 16.7. The summed E-state index contributed by atoms with van der Waals surface area (Å²) in [5.74, 6) is 0. The van der Waals surface area contributed by atoms with Gasteiger partial charge in [0, 0.05) is 13.2 Å². The zero-order valence-electron chi connectivity index (χ0n) is 9.38. The number of methoxy groups -OCH3 is 1. The maximum absolute atomic E-state index is 10.6. The lowest BCUT2D eigenvalue weighted by molar-refractivity contribution is -0.0763. The van der Waals surface area contributed by atoms with Crippen molar-refractivity contribution in [2.24, 2.45) is 0 Å². The summed E-state index contributed by atoms with van der Waals surface area (Å²) in [7, 11) is 1.46. The average molecular weight is 248 g/mol. The van der Waals surface area contributed by atoms with E-state index in [9.17, 15) is 9.59 Å². The van der Waals surface area contributed by atoms with Crippen LogP contribution in [0.3, 0.4) is 0 Å². The molecule has 0 radical (unpaired) electrons. The van der Waals surface area contributed by atoms with Crippen molar-refractivity contribution < 1.29 is 29.3 Å². The largest absolute Gasteiger partial charge is 0.465 e. The van der Waals surface area contributed by atoms with Gasteiger partial charge >= 0.3 is 12.2 Å². The Morgan fingerprint density at radius 1 is 1.24 bits per heavy atom. The van der Waals surface area contributed by atoms with Crippen molar-refractivity contribution in [3.63, 3.8) is 0 Å². The average Bonchev–Trinajstić information content (AvgIpc) is 2.55. The number of ether oxygens (including phenoxy) is 2. The molecular weight excluding hydrogens is 232 g/mol. The molecule has 1 aliphatic rings. The summed E-state index contributed by atoms with van der Waals surface area (Å²) in [5, 5.41) is 21.9. The normalized spacial score (nSPS) is 27.7. The Hall–Kier alpha value is -1.54. The minimum Gasteiger partial charge on any atom is -0.465 e. The van der Waals surface area contributed by atoms with Crippen LogP contribution in [0.15, 0.2) is 0 Å². The van der Waals surface area contributed by atoms with E-state index in [1.165, 1.54) is 7.11 Å². The van der Waals surface area contributed by atoms with Gasteiger partial charge in [-0.05, 0) is 12.8 Å². The molecule has 0 unspecified atom stereocenters. The molecule has 0 aromatic rings. The predicted molar refractivity (Wildman–Crippen MR) is 55.9 cm³/mol. The van der Waals surface area contributed by atoms with Gasteiger partial charge in [-0.3, -0.25) is 0 Å². The fourth-order valence-corrected chi connectivity index (χ4v) is 1.94. The molecule has 0 heterocycles. The van der Waals surface area contributed by atoms with E-state index >= 15 is 0 Å². The van der Waals surface area contributed by atoms with E-state index in [0.29, 0.717) is 12.8 Å². The van der Waals surface area contributed by atoms with Crippen LogP contribution in [0.1, 0.15) is 12.8 Å². The van der Waals surface area contributed by atoms with Crippen molar-refractivity contribution in [3.8, 4) is 0 Å². The van der Waals surface area contributed by atoms with Crippen LogP contribution < -0.4 is 10.6 Å². The first kappa shape index (κ1) is 13.5.